The van der Waals surface area contributed by atoms with E-state index >= 15 is 0 Å². The van der Waals surface area contributed by atoms with E-state index in [9.17, 15) is 14.9 Å². The molecule has 0 unspecified atom stereocenters. The van der Waals surface area contributed by atoms with Gasteiger partial charge < -0.3 is 15.2 Å². The van der Waals surface area contributed by atoms with Crippen LogP contribution < -0.4 is 10.5 Å². The average Bonchev–Trinajstić information content (AvgIpc) is 2.67. The highest BCUT2D eigenvalue weighted by molar-refractivity contribution is 5.81. The van der Waals surface area contributed by atoms with Crippen molar-refractivity contribution in [2.45, 2.75) is 25.5 Å². The highest BCUT2D eigenvalue weighted by Gasteiger charge is 2.34. The van der Waals surface area contributed by atoms with Gasteiger partial charge >= 0.3 is 11.6 Å². The first-order chi connectivity index (χ1) is 8.82. The molecule has 1 aliphatic rings. The molecule has 0 bridgehead atoms. The van der Waals surface area contributed by atoms with Gasteiger partial charge in [0.2, 0.25) is 5.91 Å². The quantitative estimate of drug-likeness (QED) is 0.583. The summed E-state index contributed by atoms with van der Waals surface area (Å²) < 4.78 is 11.4. The first kappa shape index (κ1) is 13.3. The number of hydrogen-bond donors (Lipinski definition) is 1. The van der Waals surface area contributed by atoms with E-state index in [1.165, 1.54) is 13.8 Å². The van der Waals surface area contributed by atoms with Crippen LogP contribution in [0.2, 0.25) is 0 Å². The van der Waals surface area contributed by atoms with Crippen molar-refractivity contribution in [3.63, 3.8) is 0 Å². The Kier molecular flexibility index (Phi) is 3.14. The maximum atomic E-state index is 11.3. The molecule has 1 fully saturated rings. The molecule has 2 N–H and O–H groups in total. The van der Waals surface area contributed by atoms with E-state index in [4.69, 9.17) is 15.2 Å². The van der Waals surface area contributed by atoms with Crippen LogP contribution in [-0.2, 0) is 15.1 Å². The largest absolute Gasteiger partial charge is 0.464 e. The van der Waals surface area contributed by atoms with E-state index in [0.717, 1.165) is 10.9 Å². The number of primary amides is 1. The van der Waals surface area contributed by atoms with Crippen molar-refractivity contribution < 1.29 is 19.2 Å². The average molecular weight is 270 g/mol. The second-order valence-corrected chi connectivity index (χ2v) is 4.72. The van der Waals surface area contributed by atoms with E-state index in [0.29, 0.717) is 13.2 Å². The van der Waals surface area contributed by atoms with Gasteiger partial charge in [-0.15, -0.1) is 5.10 Å². The van der Waals surface area contributed by atoms with Gasteiger partial charge in [0, 0.05) is 0 Å². The van der Waals surface area contributed by atoms with Crippen molar-refractivity contribution in [1.82, 2.24) is 9.78 Å². The first-order valence-corrected chi connectivity index (χ1v) is 5.61. The van der Waals surface area contributed by atoms with Crippen LogP contribution in [0.4, 0.5) is 5.69 Å². The number of carbonyl (C=O) groups is 1. The van der Waals surface area contributed by atoms with Crippen molar-refractivity contribution in [1.29, 1.82) is 0 Å². The van der Waals surface area contributed by atoms with Gasteiger partial charge in [-0.1, -0.05) is 0 Å². The molecule has 1 saturated heterocycles. The number of nitrogens with zero attached hydrogens (tertiary/aromatic N) is 3. The van der Waals surface area contributed by atoms with Crippen molar-refractivity contribution in [2.75, 3.05) is 13.2 Å². The topological polar surface area (TPSA) is 123 Å². The molecule has 9 nitrogen and oxygen atoms in total. The standard InChI is InChI=1S/C10H14N4O5/c1-10(2,9(11)15)13-3-7(14(16)17)8(12-13)19-6-4-18-5-6/h3,6H,4-5H2,1-2H3,(H2,11,15). The lowest BCUT2D eigenvalue weighted by Crippen LogP contribution is -2.41. The Morgan fingerprint density at radius 2 is 2.32 bits per heavy atom. The monoisotopic (exact) mass is 270 g/mol. The van der Waals surface area contributed by atoms with Gasteiger partial charge in [0.25, 0.3) is 0 Å². The molecule has 0 aliphatic carbocycles. The normalized spacial score (nSPS) is 15.9. The predicted molar refractivity (Wildman–Crippen MR) is 62.6 cm³/mol. The summed E-state index contributed by atoms with van der Waals surface area (Å²) in [6.07, 6.45) is 0.887. The number of nitro groups is 1. The number of hydrogen-bond acceptors (Lipinski definition) is 6. The van der Waals surface area contributed by atoms with Crippen LogP contribution in [0.15, 0.2) is 6.20 Å². The number of ether oxygens (including phenoxy) is 2. The molecule has 0 spiro atoms. The minimum absolute atomic E-state index is 0.132. The third kappa shape index (κ3) is 2.36. The highest BCUT2D eigenvalue weighted by Crippen LogP contribution is 2.29. The fourth-order valence-corrected chi connectivity index (χ4v) is 1.40. The van der Waals surface area contributed by atoms with E-state index in [-0.39, 0.29) is 17.7 Å². The van der Waals surface area contributed by atoms with Crippen LogP contribution in [0.1, 0.15) is 13.8 Å². The van der Waals surface area contributed by atoms with Gasteiger partial charge in [-0.25, -0.2) is 4.68 Å². The molecular weight excluding hydrogens is 256 g/mol. The number of carbonyl (C=O) groups excluding carboxylic acids is 1. The van der Waals surface area contributed by atoms with Crippen molar-refractivity contribution in [3.05, 3.63) is 16.3 Å². The summed E-state index contributed by atoms with van der Waals surface area (Å²) in [6.45, 7) is 3.76. The summed E-state index contributed by atoms with van der Waals surface area (Å²) in [6, 6.07) is 0. The second-order valence-electron chi connectivity index (χ2n) is 4.72. The van der Waals surface area contributed by atoms with Gasteiger partial charge in [-0.2, -0.15) is 0 Å². The van der Waals surface area contributed by atoms with Crippen LogP contribution >= 0.6 is 0 Å². The minimum Gasteiger partial charge on any atom is -0.464 e. The van der Waals surface area contributed by atoms with Crippen molar-refractivity contribution in [2.24, 2.45) is 5.73 Å². The SMILES string of the molecule is CC(C)(C(N)=O)n1cc([N+](=O)[O-])c(OC2COC2)n1. The summed E-state index contributed by atoms with van der Waals surface area (Å²) in [5.41, 5.74) is 3.76. The van der Waals surface area contributed by atoms with E-state index < -0.39 is 16.4 Å². The summed E-state index contributed by atoms with van der Waals surface area (Å²) in [5.74, 6) is -0.781. The maximum Gasteiger partial charge on any atom is 0.350 e. The molecule has 0 aromatic carbocycles. The van der Waals surface area contributed by atoms with Crippen LogP contribution in [0.5, 0.6) is 5.88 Å². The lowest BCUT2D eigenvalue weighted by molar-refractivity contribution is -0.386. The van der Waals surface area contributed by atoms with Gasteiger partial charge in [-0.05, 0) is 13.8 Å². The van der Waals surface area contributed by atoms with Gasteiger partial charge in [0.1, 0.15) is 17.8 Å². The Labute approximate surface area is 108 Å². The lowest BCUT2D eigenvalue weighted by atomic mass is 10.1. The fourth-order valence-electron chi connectivity index (χ4n) is 1.40. The predicted octanol–water partition coefficient (Wildman–Crippen LogP) is -0.211. The van der Waals surface area contributed by atoms with Crippen LogP contribution in [-0.4, -0.2) is 39.9 Å². The molecule has 104 valence electrons. The number of rotatable bonds is 5. The molecule has 1 amide bonds. The molecule has 2 heterocycles. The number of nitrogens with two attached hydrogens (primary N) is 1. The van der Waals surface area contributed by atoms with Crippen LogP contribution in [0.3, 0.4) is 0 Å². The minimum atomic E-state index is -1.18. The molecule has 1 aromatic heterocycles. The Bertz CT molecular complexity index is 520. The second kappa shape index (κ2) is 4.50. The smallest absolute Gasteiger partial charge is 0.350 e. The highest BCUT2D eigenvalue weighted by atomic mass is 16.6. The Balaban J connectivity index is 2.34. The Morgan fingerprint density at radius 1 is 1.68 bits per heavy atom. The molecule has 0 saturated carbocycles. The number of aromatic nitrogens is 2. The maximum absolute atomic E-state index is 11.3. The van der Waals surface area contributed by atoms with E-state index in [1.54, 1.807) is 0 Å². The molecule has 19 heavy (non-hydrogen) atoms. The lowest BCUT2D eigenvalue weighted by Gasteiger charge is -2.25. The third-order valence-corrected chi connectivity index (χ3v) is 2.92. The molecule has 9 heteroatoms. The van der Waals surface area contributed by atoms with Crippen molar-refractivity contribution >= 4 is 11.6 Å². The van der Waals surface area contributed by atoms with Crippen molar-refractivity contribution in [3.8, 4) is 5.88 Å². The van der Waals surface area contributed by atoms with Gasteiger partial charge in [-0.3, -0.25) is 14.9 Å². The zero-order valence-electron chi connectivity index (χ0n) is 10.5. The third-order valence-electron chi connectivity index (χ3n) is 2.92. The van der Waals surface area contributed by atoms with Crippen LogP contribution in [0.25, 0.3) is 0 Å². The molecule has 0 atom stereocenters. The molecular formula is C10H14N4O5. The zero-order valence-corrected chi connectivity index (χ0v) is 10.5. The van der Waals surface area contributed by atoms with Gasteiger partial charge in [0.05, 0.1) is 18.1 Å². The number of amides is 1. The summed E-state index contributed by atoms with van der Waals surface area (Å²) in [7, 11) is 0. The Morgan fingerprint density at radius 3 is 2.74 bits per heavy atom. The molecule has 0 radical (unpaired) electrons. The first-order valence-electron chi connectivity index (χ1n) is 5.61. The van der Waals surface area contributed by atoms with Gasteiger partial charge in [0.15, 0.2) is 0 Å². The summed E-state index contributed by atoms with van der Waals surface area (Å²) in [5, 5.41) is 14.9. The summed E-state index contributed by atoms with van der Waals surface area (Å²) >= 11 is 0. The molecule has 2 rings (SSSR count). The van der Waals surface area contributed by atoms with Crippen LogP contribution in [0, 0.1) is 10.1 Å². The summed E-state index contributed by atoms with van der Waals surface area (Å²) in [4.78, 5) is 21.7. The molecule has 1 aromatic rings. The fraction of sp³-hybridized carbons (Fsp3) is 0.600. The van der Waals surface area contributed by atoms with E-state index in [2.05, 4.69) is 5.10 Å². The molecule has 1 aliphatic heterocycles. The van der Waals surface area contributed by atoms with E-state index in [1.807, 2.05) is 0 Å². The zero-order chi connectivity index (χ0) is 14.2. The Hall–Kier alpha value is -2.16.